The third-order valence-corrected chi connectivity index (χ3v) is 6.37. The molecular formula is C32H30ClFN2O5. The molecule has 0 saturated heterocycles. The van der Waals surface area contributed by atoms with Gasteiger partial charge in [0.2, 0.25) is 11.8 Å². The second kappa shape index (κ2) is 14.8. The van der Waals surface area contributed by atoms with E-state index in [1.807, 2.05) is 36.4 Å². The molecular weight excluding hydrogens is 547 g/mol. The highest BCUT2D eigenvalue weighted by Gasteiger charge is 2.21. The van der Waals surface area contributed by atoms with Gasteiger partial charge in [0.1, 0.15) is 29.1 Å². The molecule has 0 aromatic heterocycles. The van der Waals surface area contributed by atoms with Crippen LogP contribution in [0.3, 0.4) is 0 Å². The smallest absolute Gasteiger partial charge is 0.249 e. The highest BCUT2D eigenvalue weighted by atomic mass is 35.5. The van der Waals surface area contributed by atoms with E-state index in [1.165, 1.54) is 31.4 Å². The van der Waals surface area contributed by atoms with Gasteiger partial charge >= 0.3 is 0 Å². The molecule has 4 aromatic rings. The monoisotopic (exact) mass is 576 g/mol. The van der Waals surface area contributed by atoms with Gasteiger partial charge < -0.3 is 24.8 Å². The summed E-state index contributed by atoms with van der Waals surface area (Å²) in [6, 6.07) is 26.3. The van der Waals surface area contributed by atoms with Crippen molar-refractivity contribution in [1.82, 2.24) is 5.32 Å². The van der Waals surface area contributed by atoms with Crippen LogP contribution < -0.4 is 20.1 Å². The summed E-state index contributed by atoms with van der Waals surface area (Å²) in [5, 5.41) is 6.07. The Labute approximate surface area is 243 Å². The second-order valence-corrected chi connectivity index (χ2v) is 9.57. The summed E-state index contributed by atoms with van der Waals surface area (Å²) in [5.41, 5.74) is 2.33. The average Bonchev–Trinajstić information content (AvgIpc) is 2.98. The maximum Gasteiger partial charge on any atom is 0.249 e. The molecule has 0 aliphatic heterocycles. The maximum atomic E-state index is 13.2. The minimum atomic E-state index is -0.930. The summed E-state index contributed by atoms with van der Waals surface area (Å²) in [4.78, 5) is 26.0. The number of hydrogen-bond acceptors (Lipinski definition) is 5. The lowest BCUT2D eigenvalue weighted by atomic mass is 10.1. The molecule has 2 amide bonds. The van der Waals surface area contributed by atoms with Gasteiger partial charge in [-0.3, -0.25) is 9.59 Å². The van der Waals surface area contributed by atoms with Crippen molar-refractivity contribution in [3.63, 3.8) is 0 Å². The number of carbonyl (C=O) groups excluding carboxylic acids is 2. The topological polar surface area (TPSA) is 85.9 Å². The van der Waals surface area contributed by atoms with Gasteiger partial charge in [0.05, 0.1) is 25.3 Å². The lowest BCUT2D eigenvalue weighted by Crippen LogP contribution is -2.46. The first-order valence-corrected chi connectivity index (χ1v) is 13.3. The van der Waals surface area contributed by atoms with Crippen molar-refractivity contribution >= 4 is 29.1 Å². The Morgan fingerprint density at radius 2 is 1.56 bits per heavy atom. The highest BCUT2D eigenvalue weighted by Crippen LogP contribution is 2.26. The van der Waals surface area contributed by atoms with E-state index >= 15 is 0 Å². The molecule has 0 unspecified atom stereocenters. The van der Waals surface area contributed by atoms with Gasteiger partial charge in [0.15, 0.2) is 0 Å². The van der Waals surface area contributed by atoms with Crippen LogP contribution >= 0.6 is 11.6 Å². The summed E-state index contributed by atoms with van der Waals surface area (Å²) in [6.45, 7) is 0.271. The number of carbonyl (C=O) groups is 2. The number of aryl methyl sites for hydroxylation is 1. The fourth-order valence-electron chi connectivity index (χ4n) is 3.92. The van der Waals surface area contributed by atoms with Crippen molar-refractivity contribution in [3.05, 3.63) is 119 Å². The SMILES string of the molecule is COc1ccc(CCC(=O)N[C@@H](COCc2ccccc2)C(=O)Nc2ccc(Oc3ccc(F)cc3)cc2)cc1Cl. The number of amides is 2. The highest BCUT2D eigenvalue weighted by molar-refractivity contribution is 6.32. The van der Waals surface area contributed by atoms with E-state index < -0.39 is 11.9 Å². The second-order valence-electron chi connectivity index (χ2n) is 9.16. The van der Waals surface area contributed by atoms with E-state index in [-0.39, 0.29) is 24.8 Å². The first-order valence-electron chi connectivity index (χ1n) is 13.0. The van der Waals surface area contributed by atoms with Crippen molar-refractivity contribution in [1.29, 1.82) is 0 Å². The molecule has 0 spiro atoms. The van der Waals surface area contributed by atoms with Crippen molar-refractivity contribution in [2.45, 2.75) is 25.5 Å². The summed E-state index contributed by atoms with van der Waals surface area (Å²) in [6.07, 6.45) is 0.588. The van der Waals surface area contributed by atoms with Crippen LogP contribution in [0.4, 0.5) is 10.1 Å². The van der Waals surface area contributed by atoms with Gasteiger partial charge in [-0.25, -0.2) is 4.39 Å². The third kappa shape index (κ3) is 9.34. The Morgan fingerprint density at radius 1 is 0.878 bits per heavy atom. The Bertz CT molecular complexity index is 1430. The predicted octanol–water partition coefficient (Wildman–Crippen LogP) is 6.55. The fourth-order valence-corrected chi connectivity index (χ4v) is 4.20. The Morgan fingerprint density at radius 3 is 2.22 bits per heavy atom. The van der Waals surface area contributed by atoms with Gasteiger partial charge in [-0.05, 0) is 78.2 Å². The number of methoxy groups -OCH3 is 1. The van der Waals surface area contributed by atoms with Crippen LogP contribution in [0.1, 0.15) is 17.5 Å². The standard InChI is InChI=1S/C32H30ClFN2O5/c1-39-30-17-7-22(19-28(30)33)8-18-31(37)36-29(21-40-20-23-5-3-2-4-6-23)32(38)35-25-11-15-27(16-12-25)41-26-13-9-24(34)10-14-26/h2-7,9-17,19,29H,8,18,20-21H2,1H3,(H,35,38)(H,36,37)/t29-/m0/s1. The van der Waals surface area contributed by atoms with E-state index in [1.54, 1.807) is 36.4 Å². The van der Waals surface area contributed by atoms with Crippen LogP contribution in [-0.2, 0) is 27.4 Å². The minimum Gasteiger partial charge on any atom is -0.495 e. The van der Waals surface area contributed by atoms with Gasteiger partial charge in [0, 0.05) is 12.1 Å². The first-order chi connectivity index (χ1) is 19.9. The molecule has 1 atom stereocenters. The zero-order valence-electron chi connectivity index (χ0n) is 22.4. The van der Waals surface area contributed by atoms with Gasteiger partial charge in [-0.15, -0.1) is 0 Å². The molecule has 0 heterocycles. The number of hydrogen-bond donors (Lipinski definition) is 2. The number of anilines is 1. The Balaban J connectivity index is 1.36. The molecule has 9 heteroatoms. The lowest BCUT2D eigenvalue weighted by Gasteiger charge is -2.19. The number of nitrogens with one attached hydrogen (secondary N) is 2. The fraction of sp³-hybridized carbons (Fsp3) is 0.188. The third-order valence-electron chi connectivity index (χ3n) is 6.08. The van der Waals surface area contributed by atoms with E-state index in [2.05, 4.69) is 10.6 Å². The van der Waals surface area contributed by atoms with Crippen LogP contribution in [0.25, 0.3) is 0 Å². The molecule has 0 bridgehead atoms. The molecule has 0 aliphatic carbocycles. The molecule has 212 valence electrons. The van der Waals surface area contributed by atoms with Crippen molar-refractivity contribution in [3.8, 4) is 17.2 Å². The normalized spacial score (nSPS) is 11.4. The molecule has 4 aromatic carbocycles. The molecule has 0 fully saturated rings. The van der Waals surface area contributed by atoms with Crippen LogP contribution in [0.5, 0.6) is 17.2 Å². The number of ether oxygens (including phenoxy) is 3. The molecule has 2 N–H and O–H groups in total. The number of halogens is 2. The van der Waals surface area contributed by atoms with E-state index in [0.717, 1.165) is 11.1 Å². The summed E-state index contributed by atoms with van der Waals surface area (Å²) in [7, 11) is 1.54. The van der Waals surface area contributed by atoms with E-state index in [0.29, 0.717) is 41.0 Å². The zero-order chi connectivity index (χ0) is 29.0. The Kier molecular flexibility index (Phi) is 10.7. The maximum absolute atomic E-state index is 13.2. The van der Waals surface area contributed by atoms with Crippen molar-refractivity contribution in [2.24, 2.45) is 0 Å². The predicted molar refractivity (Wildman–Crippen MR) is 156 cm³/mol. The molecule has 0 saturated carbocycles. The van der Waals surface area contributed by atoms with Crippen LogP contribution in [0.15, 0.2) is 97.1 Å². The summed E-state index contributed by atoms with van der Waals surface area (Å²) < 4.78 is 29.8. The Hall–Kier alpha value is -4.40. The van der Waals surface area contributed by atoms with Crippen LogP contribution in [0.2, 0.25) is 5.02 Å². The average molecular weight is 577 g/mol. The minimum absolute atomic E-state index is 0.0212. The zero-order valence-corrected chi connectivity index (χ0v) is 23.2. The molecule has 0 aliphatic rings. The van der Waals surface area contributed by atoms with Crippen molar-refractivity contribution < 1.29 is 28.2 Å². The molecule has 7 nitrogen and oxygen atoms in total. The summed E-state index contributed by atoms with van der Waals surface area (Å²) >= 11 is 6.19. The van der Waals surface area contributed by atoms with E-state index in [4.69, 9.17) is 25.8 Å². The van der Waals surface area contributed by atoms with Crippen LogP contribution in [0, 0.1) is 5.82 Å². The van der Waals surface area contributed by atoms with E-state index in [9.17, 15) is 14.0 Å². The van der Waals surface area contributed by atoms with Gasteiger partial charge in [-0.2, -0.15) is 0 Å². The molecule has 41 heavy (non-hydrogen) atoms. The van der Waals surface area contributed by atoms with Gasteiger partial charge in [0.25, 0.3) is 0 Å². The molecule has 4 rings (SSSR count). The number of benzene rings is 4. The van der Waals surface area contributed by atoms with Crippen molar-refractivity contribution in [2.75, 3.05) is 19.0 Å². The largest absolute Gasteiger partial charge is 0.495 e. The summed E-state index contributed by atoms with van der Waals surface area (Å²) in [5.74, 6) is 0.481. The van der Waals surface area contributed by atoms with Crippen LogP contribution in [-0.4, -0.2) is 31.6 Å². The number of rotatable bonds is 13. The lowest BCUT2D eigenvalue weighted by molar-refractivity contribution is -0.128. The van der Waals surface area contributed by atoms with Gasteiger partial charge in [-0.1, -0.05) is 48.0 Å². The molecule has 0 radical (unpaired) electrons. The quantitative estimate of drug-likeness (QED) is 0.188. The first kappa shape index (κ1) is 29.6.